The predicted molar refractivity (Wildman–Crippen MR) is 110 cm³/mol. The first-order chi connectivity index (χ1) is 12.3. The van der Waals surface area contributed by atoms with E-state index in [0.29, 0.717) is 5.92 Å². The number of fused-ring (bicyclic) bond motifs is 3. The minimum absolute atomic E-state index is 0. The number of hydrogen-bond donors (Lipinski definition) is 0. The van der Waals surface area contributed by atoms with E-state index in [1.165, 1.54) is 53.3 Å². The summed E-state index contributed by atoms with van der Waals surface area (Å²) >= 11 is 1.55. The second kappa shape index (κ2) is 10.3. The molecule has 0 aliphatic heterocycles. The topological polar surface area (TPSA) is 0 Å². The van der Waals surface area contributed by atoms with Gasteiger partial charge in [-0.15, -0.1) is 22.3 Å². The molecule has 2 aromatic carbocycles. The molecular formula is C25H27Cl2Zr-. The Balaban J connectivity index is 0.000000601. The Morgan fingerprint density at radius 3 is 2.04 bits per heavy atom. The van der Waals surface area contributed by atoms with Crippen LogP contribution < -0.4 is 24.8 Å². The average molecular weight is 490 g/mol. The molecule has 0 heterocycles. The molecule has 0 atom stereocenters. The number of rotatable bonds is 1. The molecule has 0 amide bonds. The quantitative estimate of drug-likeness (QED) is 0.430. The van der Waals surface area contributed by atoms with Gasteiger partial charge in [0.05, 0.1) is 0 Å². The van der Waals surface area contributed by atoms with Gasteiger partial charge in [0.1, 0.15) is 0 Å². The van der Waals surface area contributed by atoms with Crippen molar-refractivity contribution in [1.29, 1.82) is 0 Å². The Morgan fingerprint density at radius 2 is 1.46 bits per heavy atom. The van der Waals surface area contributed by atoms with Crippen molar-refractivity contribution in [3.8, 4) is 11.1 Å². The van der Waals surface area contributed by atoms with Gasteiger partial charge < -0.3 is 24.8 Å². The van der Waals surface area contributed by atoms with Crippen LogP contribution in [-0.2, 0) is 30.7 Å². The molecular weight excluding hydrogens is 462 g/mol. The third-order valence-electron chi connectivity index (χ3n) is 5.45. The molecule has 0 spiro atoms. The molecule has 0 aromatic heterocycles. The smallest absolute Gasteiger partial charge is 0.00191 e. The molecule has 4 rings (SSSR count). The van der Waals surface area contributed by atoms with Crippen molar-refractivity contribution in [3.05, 3.63) is 81.4 Å². The van der Waals surface area contributed by atoms with E-state index in [1.54, 1.807) is 24.2 Å². The van der Waals surface area contributed by atoms with E-state index in [2.05, 4.69) is 84.0 Å². The van der Waals surface area contributed by atoms with Crippen molar-refractivity contribution in [2.75, 3.05) is 0 Å². The molecule has 2 aliphatic rings. The Kier molecular flexibility index (Phi) is 9.33. The van der Waals surface area contributed by atoms with Crippen molar-refractivity contribution in [2.45, 2.75) is 53.9 Å². The number of benzene rings is 2. The molecule has 0 N–H and O–H groups in total. The molecule has 2 aliphatic carbocycles. The van der Waals surface area contributed by atoms with Crippen LogP contribution in [0.3, 0.4) is 0 Å². The second-order valence-electron chi connectivity index (χ2n) is 7.66. The van der Waals surface area contributed by atoms with Gasteiger partial charge in [-0.3, -0.25) is 0 Å². The summed E-state index contributed by atoms with van der Waals surface area (Å²) in [6.45, 7) is 13.3. The van der Waals surface area contributed by atoms with Crippen molar-refractivity contribution in [3.63, 3.8) is 0 Å². The van der Waals surface area contributed by atoms with Gasteiger partial charge in [-0.05, 0) is 37.3 Å². The summed E-state index contributed by atoms with van der Waals surface area (Å²) < 4.78 is 1.51. The monoisotopic (exact) mass is 487 g/mol. The first-order valence-corrected chi connectivity index (χ1v) is 10.6. The van der Waals surface area contributed by atoms with Gasteiger partial charge in [-0.25, -0.2) is 0 Å². The van der Waals surface area contributed by atoms with Crippen molar-refractivity contribution >= 4 is 3.21 Å². The van der Waals surface area contributed by atoms with E-state index in [4.69, 9.17) is 0 Å². The van der Waals surface area contributed by atoms with Crippen molar-refractivity contribution < 1.29 is 49.0 Å². The number of allylic oxidation sites excluding steroid dienone is 4. The average Bonchev–Trinajstić information content (AvgIpc) is 3.21. The zero-order chi connectivity index (χ0) is 19.0. The van der Waals surface area contributed by atoms with E-state index < -0.39 is 0 Å². The van der Waals surface area contributed by atoms with Crippen LogP contribution in [0.2, 0.25) is 0 Å². The molecule has 0 saturated carbocycles. The summed E-state index contributed by atoms with van der Waals surface area (Å²) in [5.41, 5.74) is 12.8. The molecule has 0 unspecified atom stereocenters. The van der Waals surface area contributed by atoms with E-state index >= 15 is 0 Å². The van der Waals surface area contributed by atoms with Crippen LogP contribution >= 0.6 is 0 Å². The van der Waals surface area contributed by atoms with Gasteiger partial charge in [0.15, 0.2) is 0 Å². The fraction of sp³-hybridized carbons (Fsp3) is 0.320. The molecule has 0 radical (unpaired) electrons. The molecule has 0 fully saturated rings. The van der Waals surface area contributed by atoms with Crippen LogP contribution in [0, 0.1) is 33.8 Å². The maximum Gasteiger partial charge on any atom is -0.00191 e. The second-order valence-corrected chi connectivity index (χ2v) is 10.1. The predicted octanol–water partition coefficient (Wildman–Crippen LogP) is 0.255. The summed E-state index contributed by atoms with van der Waals surface area (Å²) in [6, 6.07) is 8.32. The van der Waals surface area contributed by atoms with E-state index in [0.717, 1.165) is 6.42 Å². The molecule has 2 aromatic rings. The van der Waals surface area contributed by atoms with Crippen molar-refractivity contribution in [1.82, 2.24) is 0 Å². The molecule has 146 valence electrons. The summed E-state index contributed by atoms with van der Waals surface area (Å²) in [5.74, 6) is 0.399. The fourth-order valence-corrected chi connectivity index (χ4v) is 3.92. The summed E-state index contributed by atoms with van der Waals surface area (Å²) in [6.07, 6.45) is 9.84. The van der Waals surface area contributed by atoms with Crippen LogP contribution in [0.4, 0.5) is 0 Å². The molecule has 0 bridgehead atoms. The molecule has 3 heteroatoms. The van der Waals surface area contributed by atoms with Crippen LogP contribution in [0.1, 0.15) is 58.7 Å². The van der Waals surface area contributed by atoms with Gasteiger partial charge in [0, 0.05) is 0 Å². The maximum atomic E-state index is 3.77. The van der Waals surface area contributed by atoms with Crippen LogP contribution in [0.25, 0.3) is 11.1 Å². The number of hydrogen-bond acceptors (Lipinski definition) is 0. The minimum atomic E-state index is 0. The molecule has 0 nitrogen and oxygen atoms in total. The van der Waals surface area contributed by atoms with Crippen LogP contribution in [0.15, 0.2) is 36.4 Å². The zero-order valence-electron chi connectivity index (χ0n) is 17.5. The fourth-order valence-electron chi connectivity index (χ4n) is 3.92. The molecule has 28 heavy (non-hydrogen) atoms. The molecule has 0 saturated heterocycles. The van der Waals surface area contributed by atoms with E-state index in [9.17, 15) is 0 Å². The first kappa shape index (κ1) is 25.3. The Hall–Kier alpha value is -0.747. The Bertz CT molecular complexity index is 936. The van der Waals surface area contributed by atoms with E-state index in [1.807, 2.05) is 0 Å². The summed E-state index contributed by atoms with van der Waals surface area (Å²) in [5, 5.41) is 0. The SMILES string of the molecule is C[C](C)=[Zr+2].Cc1ccc2c(c1C)-c1c([c-]c(C3C=CC=C3)c(C)c1C)C2.[Cl-].[Cl-]. The maximum absolute atomic E-state index is 3.77. The van der Waals surface area contributed by atoms with Gasteiger partial charge in [0.2, 0.25) is 0 Å². The van der Waals surface area contributed by atoms with Gasteiger partial charge in [0.25, 0.3) is 0 Å². The zero-order valence-corrected chi connectivity index (χ0v) is 21.5. The summed E-state index contributed by atoms with van der Waals surface area (Å²) in [4.78, 5) is 0. The Morgan fingerprint density at radius 1 is 0.893 bits per heavy atom. The van der Waals surface area contributed by atoms with Gasteiger partial charge in [-0.2, -0.15) is 11.6 Å². The van der Waals surface area contributed by atoms with Crippen molar-refractivity contribution in [2.24, 2.45) is 0 Å². The van der Waals surface area contributed by atoms with Crippen LogP contribution in [-0.4, -0.2) is 3.21 Å². The first-order valence-electron chi connectivity index (χ1n) is 9.32. The third kappa shape index (κ3) is 4.87. The van der Waals surface area contributed by atoms with E-state index in [-0.39, 0.29) is 24.8 Å². The largest absolute Gasteiger partial charge is 1.00 e. The number of halogens is 2. The minimum Gasteiger partial charge on any atom is -1.00 e. The van der Waals surface area contributed by atoms with Crippen LogP contribution in [0.5, 0.6) is 0 Å². The standard InChI is InChI=1S/C22H21.C3H6.2ClH.Zr/c1-13-9-10-18-11-19-12-20(17-7-5-6-8-17)15(3)16(4)22(19)21(18)14(13)2;1-3-2;;;/h5-10,17H,11H2,1-4H3;1-2H3;2*1H;/q-1;;;;+2/p-2. The normalized spacial score (nSPS) is 13.1. The summed E-state index contributed by atoms with van der Waals surface area (Å²) in [7, 11) is 0. The van der Waals surface area contributed by atoms with Gasteiger partial charge in [-0.1, -0.05) is 61.4 Å². The third-order valence-corrected chi connectivity index (χ3v) is 5.45. The Labute approximate surface area is 197 Å². The van der Waals surface area contributed by atoms with Gasteiger partial charge >= 0.3 is 41.3 Å². The number of aryl methyl sites for hydroxylation is 1.